The summed E-state index contributed by atoms with van der Waals surface area (Å²) in [6.45, 7) is 1.77. The molecule has 0 fully saturated rings. The Bertz CT molecular complexity index is 563. The first-order valence-electron chi connectivity index (χ1n) is 4.80. The minimum atomic E-state index is -1.03. The number of carbonyl (C=O) groups is 1. The highest BCUT2D eigenvalue weighted by Gasteiger charge is 2.11. The molecule has 1 heterocycles. The van der Waals surface area contributed by atoms with Gasteiger partial charge in [-0.2, -0.15) is 0 Å². The van der Waals surface area contributed by atoms with Gasteiger partial charge < -0.3 is 9.84 Å². The zero-order valence-electron chi connectivity index (χ0n) is 9.02. The Morgan fingerprint density at radius 1 is 1.38 bits per heavy atom. The van der Waals surface area contributed by atoms with Gasteiger partial charge in [0.25, 0.3) is 0 Å². The summed E-state index contributed by atoms with van der Waals surface area (Å²) in [6.07, 6.45) is 0. The minimum Gasteiger partial charge on any atom is -0.497 e. The lowest BCUT2D eigenvalue weighted by Crippen LogP contribution is -2.02. The molecule has 0 spiro atoms. The summed E-state index contributed by atoms with van der Waals surface area (Å²) in [5.41, 5.74) is 0.754. The third-order valence-electron chi connectivity index (χ3n) is 2.37. The summed E-state index contributed by atoms with van der Waals surface area (Å²) in [5.74, 6) is -0.400. The second-order valence-corrected chi connectivity index (χ2v) is 3.50. The van der Waals surface area contributed by atoms with E-state index in [4.69, 9.17) is 9.84 Å². The molecule has 82 valence electrons. The van der Waals surface area contributed by atoms with Gasteiger partial charge in [-0.15, -0.1) is 0 Å². The van der Waals surface area contributed by atoms with E-state index in [1.807, 2.05) is 12.1 Å². The number of hydrogen-bond acceptors (Lipinski definition) is 3. The molecule has 2 rings (SSSR count). The largest absolute Gasteiger partial charge is 0.497 e. The van der Waals surface area contributed by atoms with Crippen LogP contribution in [-0.2, 0) is 0 Å². The SMILES string of the molecule is COc1ccc2cc(C)nc(C(=O)O)c2c1. The number of benzene rings is 1. The van der Waals surface area contributed by atoms with Gasteiger partial charge in [-0.25, -0.2) is 9.78 Å². The van der Waals surface area contributed by atoms with Gasteiger partial charge in [-0.05, 0) is 30.5 Å². The highest BCUT2D eigenvalue weighted by atomic mass is 16.5. The zero-order chi connectivity index (χ0) is 11.7. The predicted octanol–water partition coefficient (Wildman–Crippen LogP) is 2.25. The molecule has 0 saturated carbocycles. The van der Waals surface area contributed by atoms with E-state index in [0.29, 0.717) is 16.8 Å². The fraction of sp³-hybridized carbons (Fsp3) is 0.167. The number of ether oxygens (including phenoxy) is 1. The molecule has 0 amide bonds. The summed E-state index contributed by atoms with van der Waals surface area (Å²) in [7, 11) is 1.54. The van der Waals surface area contributed by atoms with Gasteiger partial charge in [0.05, 0.1) is 7.11 Å². The first kappa shape index (κ1) is 10.4. The third kappa shape index (κ3) is 1.69. The lowest BCUT2D eigenvalue weighted by atomic mass is 10.1. The molecule has 0 unspecified atom stereocenters. The highest BCUT2D eigenvalue weighted by Crippen LogP contribution is 2.23. The topological polar surface area (TPSA) is 59.4 Å². The lowest BCUT2D eigenvalue weighted by molar-refractivity contribution is 0.0692. The summed E-state index contributed by atoms with van der Waals surface area (Å²) in [4.78, 5) is 15.1. The van der Waals surface area contributed by atoms with Crippen LogP contribution in [0, 0.1) is 6.92 Å². The van der Waals surface area contributed by atoms with E-state index in [1.54, 1.807) is 26.2 Å². The molecule has 1 N–H and O–H groups in total. The highest BCUT2D eigenvalue weighted by molar-refractivity contribution is 6.02. The molecule has 0 aliphatic carbocycles. The standard InChI is InChI=1S/C12H11NO3/c1-7-5-8-3-4-9(16-2)6-10(8)11(13-7)12(14)15/h3-6H,1-2H3,(H,14,15). The molecule has 4 nitrogen and oxygen atoms in total. The van der Waals surface area contributed by atoms with E-state index >= 15 is 0 Å². The van der Waals surface area contributed by atoms with Crippen LogP contribution in [0.25, 0.3) is 10.8 Å². The summed E-state index contributed by atoms with van der Waals surface area (Å²) in [6, 6.07) is 7.16. The summed E-state index contributed by atoms with van der Waals surface area (Å²) < 4.78 is 5.07. The fourth-order valence-electron chi connectivity index (χ4n) is 1.65. The molecule has 0 radical (unpaired) electrons. The summed E-state index contributed by atoms with van der Waals surface area (Å²) >= 11 is 0. The maximum absolute atomic E-state index is 11.1. The zero-order valence-corrected chi connectivity index (χ0v) is 9.02. The van der Waals surface area contributed by atoms with Gasteiger partial charge in [-0.1, -0.05) is 6.07 Å². The van der Waals surface area contributed by atoms with Gasteiger partial charge >= 0.3 is 5.97 Å². The average molecular weight is 217 g/mol. The number of aromatic carboxylic acids is 1. The predicted molar refractivity (Wildman–Crippen MR) is 60.0 cm³/mol. The van der Waals surface area contributed by atoms with Gasteiger partial charge in [-0.3, -0.25) is 0 Å². The number of carboxylic acid groups (broad SMARTS) is 1. The van der Waals surface area contributed by atoms with Crippen LogP contribution in [0.5, 0.6) is 5.75 Å². The quantitative estimate of drug-likeness (QED) is 0.838. The molecule has 0 bridgehead atoms. The first-order valence-corrected chi connectivity index (χ1v) is 4.80. The van der Waals surface area contributed by atoms with Crippen LogP contribution in [0.15, 0.2) is 24.3 Å². The van der Waals surface area contributed by atoms with Crippen molar-refractivity contribution < 1.29 is 14.6 Å². The third-order valence-corrected chi connectivity index (χ3v) is 2.37. The molecule has 1 aromatic carbocycles. The Balaban J connectivity index is 2.80. The smallest absolute Gasteiger partial charge is 0.355 e. The van der Waals surface area contributed by atoms with Crippen LogP contribution in [0.1, 0.15) is 16.2 Å². The monoisotopic (exact) mass is 217 g/mol. The van der Waals surface area contributed by atoms with Crippen molar-refractivity contribution in [2.75, 3.05) is 7.11 Å². The normalized spacial score (nSPS) is 10.4. The fourth-order valence-corrected chi connectivity index (χ4v) is 1.65. The molecule has 0 atom stereocenters. The maximum Gasteiger partial charge on any atom is 0.355 e. The van der Waals surface area contributed by atoms with Crippen LogP contribution in [0.4, 0.5) is 0 Å². The summed E-state index contributed by atoms with van der Waals surface area (Å²) in [5, 5.41) is 10.5. The molecule has 0 aliphatic heterocycles. The van der Waals surface area contributed by atoms with E-state index in [2.05, 4.69) is 4.98 Å². The van der Waals surface area contributed by atoms with E-state index in [-0.39, 0.29) is 5.69 Å². The molecular weight excluding hydrogens is 206 g/mol. The second kappa shape index (κ2) is 3.81. The number of fused-ring (bicyclic) bond motifs is 1. The Labute approximate surface area is 92.5 Å². The number of rotatable bonds is 2. The number of carboxylic acids is 1. The van der Waals surface area contributed by atoms with Crippen LogP contribution >= 0.6 is 0 Å². The van der Waals surface area contributed by atoms with Gasteiger partial charge in [0.1, 0.15) is 5.75 Å². The van der Waals surface area contributed by atoms with Crippen molar-refractivity contribution in [3.8, 4) is 5.75 Å². The van der Waals surface area contributed by atoms with E-state index < -0.39 is 5.97 Å². The van der Waals surface area contributed by atoms with Crippen molar-refractivity contribution in [1.82, 2.24) is 4.98 Å². The van der Waals surface area contributed by atoms with Gasteiger partial charge in [0.2, 0.25) is 0 Å². The Morgan fingerprint density at radius 3 is 2.75 bits per heavy atom. The number of aryl methyl sites for hydroxylation is 1. The van der Waals surface area contributed by atoms with Crippen molar-refractivity contribution in [3.63, 3.8) is 0 Å². The number of aromatic nitrogens is 1. The van der Waals surface area contributed by atoms with Crippen molar-refractivity contribution in [2.45, 2.75) is 6.92 Å². The Hall–Kier alpha value is -2.10. The van der Waals surface area contributed by atoms with Crippen LogP contribution in [0.2, 0.25) is 0 Å². The maximum atomic E-state index is 11.1. The van der Waals surface area contributed by atoms with Gasteiger partial charge in [0.15, 0.2) is 5.69 Å². The molecule has 16 heavy (non-hydrogen) atoms. The number of pyridine rings is 1. The second-order valence-electron chi connectivity index (χ2n) is 3.50. The molecule has 0 aliphatic rings. The van der Waals surface area contributed by atoms with Crippen molar-refractivity contribution >= 4 is 16.7 Å². The van der Waals surface area contributed by atoms with E-state index in [0.717, 1.165) is 5.39 Å². The minimum absolute atomic E-state index is 0.0638. The molecule has 1 aromatic heterocycles. The lowest BCUT2D eigenvalue weighted by Gasteiger charge is -2.06. The average Bonchev–Trinajstić information content (AvgIpc) is 2.27. The molecule has 0 saturated heterocycles. The number of hydrogen-bond donors (Lipinski definition) is 1. The Kier molecular flexibility index (Phi) is 2.48. The molecule has 2 aromatic rings. The van der Waals surface area contributed by atoms with Gasteiger partial charge in [0, 0.05) is 11.1 Å². The van der Waals surface area contributed by atoms with Crippen molar-refractivity contribution in [2.24, 2.45) is 0 Å². The number of methoxy groups -OCH3 is 1. The van der Waals surface area contributed by atoms with E-state index in [1.165, 1.54) is 0 Å². The number of nitrogens with zero attached hydrogens (tertiary/aromatic N) is 1. The van der Waals surface area contributed by atoms with Crippen LogP contribution < -0.4 is 4.74 Å². The molecular formula is C12H11NO3. The Morgan fingerprint density at radius 2 is 2.12 bits per heavy atom. The van der Waals surface area contributed by atoms with Crippen molar-refractivity contribution in [3.05, 3.63) is 35.7 Å². The van der Waals surface area contributed by atoms with E-state index in [9.17, 15) is 4.79 Å². The van der Waals surface area contributed by atoms with Crippen LogP contribution in [0.3, 0.4) is 0 Å². The van der Waals surface area contributed by atoms with Crippen molar-refractivity contribution in [1.29, 1.82) is 0 Å². The van der Waals surface area contributed by atoms with Crippen LogP contribution in [-0.4, -0.2) is 23.2 Å². The first-order chi connectivity index (χ1) is 7.61. The molecule has 4 heteroatoms.